The van der Waals surface area contributed by atoms with Crippen LogP contribution in [0.5, 0.6) is 11.5 Å². The standard InChI is InChI=1S/C7H2Cl3NO2/c8-3-2(1-11)6(12)4(9)5(10)7(3)13/h12-13H. The smallest absolute Gasteiger partial charge is 0.155 e. The minimum absolute atomic E-state index is 0.275. The summed E-state index contributed by atoms with van der Waals surface area (Å²) < 4.78 is 0. The number of benzene rings is 1. The van der Waals surface area contributed by atoms with Crippen LogP contribution in [0.1, 0.15) is 5.56 Å². The van der Waals surface area contributed by atoms with Crippen LogP contribution in [0.4, 0.5) is 0 Å². The first kappa shape index (κ1) is 10.3. The fraction of sp³-hybridized carbons (Fsp3) is 0. The maximum atomic E-state index is 9.25. The summed E-state index contributed by atoms with van der Waals surface area (Å²) in [7, 11) is 0. The summed E-state index contributed by atoms with van der Waals surface area (Å²) >= 11 is 16.5. The maximum Gasteiger partial charge on any atom is 0.155 e. The first-order valence-electron chi connectivity index (χ1n) is 2.99. The molecular weight excluding hydrogens is 236 g/mol. The Kier molecular flexibility index (Phi) is 2.77. The third-order valence-electron chi connectivity index (χ3n) is 1.38. The highest BCUT2D eigenvalue weighted by Gasteiger charge is 2.20. The highest BCUT2D eigenvalue weighted by atomic mass is 35.5. The first-order chi connectivity index (χ1) is 6.00. The predicted molar refractivity (Wildman–Crippen MR) is 49.5 cm³/mol. The zero-order valence-electron chi connectivity index (χ0n) is 5.98. The van der Waals surface area contributed by atoms with E-state index >= 15 is 0 Å². The van der Waals surface area contributed by atoms with Gasteiger partial charge >= 0.3 is 0 Å². The minimum atomic E-state index is -0.531. The van der Waals surface area contributed by atoms with Crippen LogP contribution in [0.25, 0.3) is 0 Å². The molecule has 0 bridgehead atoms. The van der Waals surface area contributed by atoms with Crippen molar-refractivity contribution in [3.05, 3.63) is 20.6 Å². The van der Waals surface area contributed by atoms with Crippen molar-refractivity contribution in [3.8, 4) is 17.6 Å². The van der Waals surface area contributed by atoms with Crippen molar-refractivity contribution in [2.45, 2.75) is 0 Å². The molecule has 2 N–H and O–H groups in total. The maximum absolute atomic E-state index is 9.25. The summed E-state index contributed by atoms with van der Waals surface area (Å²) in [5.74, 6) is -1.04. The lowest BCUT2D eigenvalue weighted by molar-refractivity contribution is 0.459. The Bertz CT molecular complexity index is 382. The van der Waals surface area contributed by atoms with Gasteiger partial charge in [-0.05, 0) is 0 Å². The van der Waals surface area contributed by atoms with E-state index in [2.05, 4.69) is 0 Å². The molecule has 0 aliphatic heterocycles. The van der Waals surface area contributed by atoms with Crippen LogP contribution in [-0.4, -0.2) is 10.2 Å². The zero-order chi connectivity index (χ0) is 10.2. The number of phenolic OH excluding ortho intramolecular Hbond substituents is 2. The number of nitriles is 1. The van der Waals surface area contributed by atoms with Gasteiger partial charge in [-0.25, -0.2) is 0 Å². The van der Waals surface area contributed by atoms with Crippen LogP contribution in [0.15, 0.2) is 0 Å². The van der Waals surface area contributed by atoms with E-state index in [1.54, 1.807) is 6.07 Å². The third kappa shape index (κ3) is 1.49. The molecular formula is C7H2Cl3NO2. The van der Waals surface area contributed by atoms with Crippen molar-refractivity contribution >= 4 is 34.8 Å². The van der Waals surface area contributed by atoms with Gasteiger partial charge in [0, 0.05) is 0 Å². The summed E-state index contributed by atoms with van der Waals surface area (Å²) in [4.78, 5) is 0. The van der Waals surface area contributed by atoms with Crippen molar-refractivity contribution in [2.24, 2.45) is 0 Å². The van der Waals surface area contributed by atoms with E-state index in [4.69, 9.17) is 40.1 Å². The van der Waals surface area contributed by atoms with E-state index in [1.165, 1.54) is 0 Å². The van der Waals surface area contributed by atoms with Crippen molar-refractivity contribution < 1.29 is 10.2 Å². The van der Waals surface area contributed by atoms with Crippen LogP contribution in [0, 0.1) is 11.3 Å². The van der Waals surface area contributed by atoms with Crippen LogP contribution in [-0.2, 0) is 0 Å². The van der Waals surface area contributed by atoms with Gasteiger partial charge in [-0.2, -0.15) is 5.26 Å². The third-order valence-corrected chi connectivity index (χ3v) is 2.59. The van der Waals surface area contributed by atoms with Gasteiger partial charge in [0.05, 0.1) is 0 Å². The van der Waals surface area contributed by atoms with E-state index < -0.39 is 11.5 Å². The quantitative estimate of drug-likeness (QED) is 0.539. The number of nitrogens with zero attached hydrogens (tertiary/aromatic N) is 1. The van der Waals surface area contributed by atoms with E-state index in [9.17, 15) is 10.2 Å². The summed E-state index contributed by atoms with van der Waals surface area (Å²) in [6.07, 6.45) is 0. The second-order valence-corrected chi connectivity index (χ2v) is 3.26. The Morgan fingerprint density at radius 3 is 1.85 bits per heavy atom. The number of hydrogen-bond donors (Lipinski definition) is 2. The molecule has 1 aromatic carbocycles. The number of phenols is 2. The fourth-order valence-electron chi connectivity index (χ4n) is 0.738. The van der Waals surface area contributed by atoms with E-state index in [0.29, 0.717) is 0 Å². The van der Waals surface area contributed by atoms with E-state index in [1.807, 2.05) is 0 Å². The number of hydrogen-bond acceptors (Lipinski definition) is 3. The molecule has 0 spiro atoms. The highest BCUT2D eigenvalue weighted by Crippen LogP contribution is 2.45. The molecule has 13 heavy (non-hydrogen) atoms. The molecule has 6 heteroatoms. The number of aromatic hydroxyl groups is 2. The average molecular weight is 238 g/mol. The molecule has 0 heterocycles. The van der Waals surface area contributed by atoms with Gasteiger partial charge in [0.25, 0.3) is 0 Å². The van der Waals surface area contributed by atoms with Gasteiger partial charge < -0.3 is 10.2 Å². The molecule has 0 radical (unpaired) electrons. The number of halogens is 3. The Hall–Kier alpha value is -0.820. The molecule has 1 rings (SSSR count). The lowest BCUT2D eigenvalue weighted by Crippen LogP contribution is -1.83. The number of rotatable bonds is 0. The van der Waals surface area contributed by atoms with Gasteiger partial charge in [-0.15, -0.1) is 0 Å². The van der Waals surface area contributed by atoms with Crippen molar-refractivity contribution in [2.75, 3.05) is 0 Å². The van der Waals surface area contributed by atoms with Crippen molar-refractivity contribution in [1.82, 2.24) is 0 Å². The lowest BCUT2D eigenvalue weighted by Gasteiger charge is -2.06. The molecule has 0 unspecified atom stereocenters. The molecule has 0 aliphatic rings. The molecule has 0 saturated heterocycles. The Balaban J connectivity index is 3.69. The van der Waals surface area contributed by atoms with E-state index in [0.717, 1.165) is 0 Å². The molecule has 68 valence electrons. The average Bonchev–Trinajstić information content (AvgIpc) is 2.13. The summed E-state index contributed by atoms with van der Waals surface area (Å²) in [6, 6.07) is 1.59. The predicted octanol–water partition coefficient (Wildman–Crippen LogP) is 2.93. The van der Waals surface area contributed by atoms with Crippen LogP contribution in [0.2, 0.25) is 15.1 Å². The summed E-state index contributed by atoms with van der Waals surface area (Å²) in [6.45, 7) is 0. The van der Waals surface area contributed by atoms with Crippen LogP contribution < -0.4 is 0 Å². The van der Waals surface area contributed by atoms with Gasteiger partial charge in [-0.3, -0.25) is 0 Å². The second kappa shape index (κ2) is 3.51. The zero-order valence-corrected chi connectivity index (χ0v) is 8.24. The Morgan fingerprint density at radius 1 is 0.923 bits per heavy atom. The van der Waals surface area contributed by atoms with Gasteiger partial charge in [0.2, 0.25) is 0 Å². The Morgan fingerprint density at radius 2 is 1.38 bits per heavy atom. The Labute approximate surface area is 88.7 Å². The lowest BCUT2D eigenvalue weighted by atomic mass is 10.2. The van der Waals surface area contributed by atoms with Gasteiger partial charge in [-0.1, -0.05) is 34.8 Å². The van der Waals surface area contributed by atoms with Crippen molar-refractivity contribution in [1.29, 1.82) is 5.26 Å². The largest absolute Gasteiger partial charge is 0.505 e. The monoisotopic (exact) mass is 237 g/mol. The van der Waals surface area contributed by atoms with Crippen LogP contribution in [0.3, 0.4) is 0 Å². The topological polar surface area (TPSA) is 64.2 Å². The molecule has 0 saturated carbocycles. The molecule has 1 aromatic rings. The fourth-order valence-corrected chi connectivity index (χ4v) is 1.38. The SMILES string of the molecule is N#Cc1c(O)c(Cl)c(Cl)c(O)c1Cl. The minimum Gasteiger partial charge on any atom is -0.505 e. The molecule has 0 amide bonds. The second-order valence-electron chi connectivity index (χ2n) is 2.13. The molecule has 0 aliphatic carbocycles. The van der Waals surface area contributed by atoms with Gasteiger partial charge in [0.15, 0.2) is 11.5 Å². The molecule has 0 atom stereocenters. The van der Waals surface area contributed by atoms with E-state index in [-0.39, 0.29) is 20.6 Å². The normalized spacial score (nSPS) is 9.69. The first-order valence-corrected chi connectivity index (χ1v) is 4.12. The van der Waals surface area contributed by atoms with Gasteiger partial charge in [0.1, 0.15) is 26.7 Å². The molecule has 0 aromatic heterocycles. The van der Waals surface area contributed by atoms with Crippen LogP contribution >= 0.6 is 34.8 Å². The van der Waals surface area contributed by atoms with Crippen molar-refractivity contribution in [3.63, 3.8) is 0 Å². The highest BCUT2D eigenvalue weighted by molar-refractivity contribution is 6.46. The molecule has 0 fully saturated rings. The molecule has 3 nitrogen and oxygen atoms in total. The summed E-state index contributed by atoms with van der Waals surface area (Å²) in [5, 5.41) is 26.1. The summed E-state index contributed by atoms with van der Waals surface area (Å²) in [5.41, 5.74) is -0.298.